The van der Waals surface area contributed by atoms with Gasteiger partial charge in [-0.1, -0.05) is 19.9 Å². The van der Waals surface area contributed by atoms with E-state index in [1.807, 2.05) is 19.9 Å². The zero-order chi connectivity index (χ0) is 14.3. The first-order valence-corrected chi connectivity index (χ1v) is 7.31. The minimum absolute atomic E-state index is 0.0198. The molecule has 0 aromatic rings. The van der Waals surface area contributed by atoms with E-state index in [-0.39, 0.29) is 11.4 Å². The summed E-state index contributed by atoms with van der Waals surface area (Å²) in [6.45, 7) is 12.5. The minimum Gasteiger partial charge on any atom is -0.379 e. The Morgan fingerprint density at radius 2 is 2.00 bits per heavy atom. The Morgan fingerprint density at radius 1 is 1.37 bits per heavy atom. The predicted molar refractivity (Wildman–Crippen MR) is 78.1 cm³/mol. The van der Waals surface area contributed by atoms with Gasteiger partial charge in [-0.2, -0.15) is 0 Å². The molecule has 1 amide bonds. The number of nitrogens with zero attached hydrogens (tertiary/aromatic N) is 1. The van der Waals surface area contributed by atoms with Gasteiger partial charge in [-0.05, 0) is 26.7 Å². The molecule has 4 nitrogen and oxygen atoms in total. The van der Waals surface area contributed by atoms with Crippen LogP contribution in [0.4, 0.5) is 0 Å². The van der Waals surface area contributed by atoms with Gasteiger partial charge in [-0.3, -0.25) is 9.69 Å². The summed E-state index contributed by atoms with van der Waals surface area (Å²) in [6, 6.07) is 0. The molecule has 0 spiro atoms. The van der Waals surface area contributed by atoms with E-state index in [2.05, 4.69) is 24.1 Å². The van der Waals surface area contributed by atoms with E-state index in [1.165, 1.54) is 0 Å². The molecule has 0 bridgehead atoms. The molecule has 1 heterocycles. The van der Waals surface area contributed by atoms with Crippen molar-refractivity contribution in [1.29, 1.82) is 0 Å². The van der Waals surface area contributed by atoms with Gasteiger partial charge in [-0.25, -0.2) is 0 Å². The van der Waals surface area contributed by atoms with Crippen LogP contribution in [0, 0.1) is 0 Å². The van der Waals surface area contributed by atoms with Crippen LogP contribution in [-0.4, -0.2) is 49.2 Å². The molecule has 1 atom stereocenters. The van der Waals surface area contributed by atoms with Gasteiger partial charge >= 0.3 is 0 Å². The molecule has 0 saturated carbocycles. The van der Waals surface area contributed by atoms with E-state index >= 15 is 0 Å². The van der Waals surface area contributed by atoms with E-state index in [9.17, 15) is 4.79 Å². The van der Waals surface area contributed by atoms with Crippen LogP contribution in [0.25, 0.3) is 0 Å². The van der Waals surface area contributed by atoms with Crippen LogP contribution in [0.15, 0.2) is 11.6 Å². The van der Waals surface area contributed by atoms with Crippen LogP contribution in [0.3, 0.4) is 0 Å². The van der Waals surface area contributed by atoms with Crippen molar-refractivity contribution in [3.05, 3.63) is 11.6 Å². The predicted octanol–water partition coefficient (Wildman–Crippen LogP) is 1.96. The van der Waals surface area contributed by atoms with E-state index in [1.54, 1.807) is 0 Å². The van der Waals surface area contributed by atoms with Crippen LogP contribution in [0.5, 0.6) is 0 Å². The number of hydrogen-bond acceptors (Lipinski definition) is 3. The molecule has 0 aliphatic carbocycles. The molecule has 110 valence electrons. The number of rotatable bonds is 6. The molecule has 0 radical (unpaired) electrons. The Morgan fingerprint density at radius 3 is 2.53 bits per heavy atom. The molecule has 1 rings (SSSR count). The lowest BCUT2D eigenvalue weighted by Gasteiger charge is -2.43. The molecular weight excluding hydrogens is 240 g/mol. The lowest BCUT2D eigenvalue weighted by Crippen LogP contribution is -2.56. The van der Waals surface area contributed by atoms with Gasteiger partial charge in [0.1, 0.15) is 0 Å². The van der Waals surface area contributed by atoms with E-state index in [0.29, 0.717) is 6.54 Å². The Hall–Kier alpha value is -0.870. The highest BCUT2D eigenvalue weighted by molar-refractivity contribution is 5.92. The van der Waals surface area contributed by atoms with E-state index in [0.717, 1.165) is 44.7 Å². The maximum absolute atomic E-state index is 12.0. The lowest BCUT2D eigenvalue weighted by molar-refractivity contribution is -0.118. The highest BCUT2D eigenvalue weighted by Crippen LogP contribution is 2.20. The first-order valence-electron chi connectivity index (χ1n) is 7.31. The molecular formula is C15H28N2O2. The van der Waals surface area contributed by atoms with Crippen LogP contribution in [0.1, 0.15) is 40.5 Å². The molecule has 0 unspecified atom stereocenters. The van der Waals surface area contributed by atoms with Gasteiger partial charge in [0, 0.05) is 30.7 Å². The smallest absolute Gasteiger partial charge is 0.246 e. The highest BCUT2D eigenvalue weighted by atomic mass is 16.5. The van der Waals surface area contributed by atoms with E-state index < -0.39 is 0 Å². The number of carbonyl (C=O) groups excluding carboxylic acids is 1. The number of morpholine rings is 1. The number of carbonyl (C=O) groups is 1. The molecule has 19 heavy (non-hydrogen) atoms. The summed E-state index contributed by atoms with van der Waals surface area (Å²) in [4.78, 5) is 14.4. The van der Waals surface area contributed by atoms with Gasteiger partial charge < -0.3 is 10.1 Å². The van der Waals surface area contributed by atoms with Crippen molar-refractivity contribution in [1.82, 2.24) is 10.2 Å². The Bertz CT molecular complexity index is 322. The molecule has 1 aliphatic rings. The molecule has 1 saturated heterocycles. The van der Waals surface area contributed by atoms with Crippen LogP contribution in [-0.2, 0) is 9.53 Å². The zero-order valence-corrected chi connectivity index (χ0v) is 12.8. The Labute approximate surface area is 117 Å². The first-order chi connectivity index (χ1) is 9.03. The van der Waals surface area contributed by atoms with Crippen molar-refractivity contribution >= 4 is 5.91 Å². The molecule has 0 aromatic carbocycles. The normalized spacial score (nSPS) is 20.9. The number of amides is 1. The second-order valence-corrected chi connectivity index (χ2v) is 5.43. The quantitative estimate of drug-likeness (QED) is 0.749. The molecule has 0 aromatic heterocycles. The largest absolute Gasteiger partial charge is 0.379 e. The molecule has 1 aliphatic heterocycles. The summed E-state index contributed by atoms with van der Waals surface area (Å²) in [6.07, 6.45) is 3.88. The molecule has 1 fully saturated rings. The summed E-state index contributed by atoms with van der Waals surface area (Å²) >= 11 is 0. The van der Waals surface area contributed by atoms with E-state index in [4.69, 9.17) is 4.74 Å². The lowest BCUT2D eigenvalue weighted by atomic mass is 9.95. The van der Waals surface area contributed by atoms with Crippen LogP contribution < -0.4 is 5.32 Å². The van der Waals surface area contributed by atoms with Crippen LogP contribution >= 0.6 is 0 Å². The first kappa shape index (κ1) is 16.2. The molecule has 4 heteroatoms. The van der Waals surface area contributed by atoms with Crippen molar-refractivity contribution in [2.24, 2.45) is 0 Å². The standard InChI is InChI=1S/C15H28N2O2/c1-5-7-13(3)14(18)16-12-15(4,6-2)17-8-10-19-11-9-17/h7H,5-6,8-12H2,1-4H3,(H,16,18)/b13-7-/t15-/m1/s1. The third-order valence-electron chi connectivity index (χ3n) is 4.03. The number of nitrogens with one attached hydrogen (secondary N) is 1. The maximum atomic E-state index is 12.0. The van der Waals surface area contributed by atoms with Gasteiger partial charge in [0.2, 0.25) is 5.91 Å². The van der Waals surface area contributed by atoms with Gasteiger partial charge in [0.15, 0.2) is 0 Å². The summed E-state index contributed by atoms with van der Waals surface area (Å²) in [5.74, 6) is 0.0507. The fourth-order valence-electron chi connectivity index (χ4n) is 2.37. The number of allylic oxidation sites excluding steroid dienone is 1. The van der Waals surface area contributed by atoms with Crippen molar-refractivity contribution in [2.45, 2.75) is 46.1 Å². The van der Waals surface area contributed by atoms with Crippen molar-refractivity contribution in [2.75, 3.05) is 32.8 Å². The van der Waals surface area contributed by atoms with Crippen molar-refractivity contribution < 1.29 is 9.53 Å². The average Bonchev–Trinajstić information content (AvgIpc) is 2.45. The fourth-order valence-corrected chi connectivity index (χ4v) is 2.37. The second-order valence-electron chi connectivity index (χ2n) is 5.43. The third kappa shape index (κ3) is 4.62. The topological polar surface area (TPSA) is 41.6 Å². The average molecular weight is 268 g/mol. The summed E-state index contributed by atoms with van der Waals surface area (Å²) in [5.41, 5.74) is 0.828. The van der Waals surface area contributed by atoms with Gasteiger partial charge in [0.05, 0.1) is 13.2 Å². The SMILES string of the molecule is CC/C=C(/C)C(=O)NC[C@@](C)(CC)N1CCOCC1. The van der Waals surface area contributed by atoms with Crippen molar-refractivity contribution in [3.8, 4) is 0 Å². The zero-order valence-electron chi connectivity index (χ0n) is 12.8. The Balaban J connectivity index is 2.55. The number of hydrogen-bond donors (Lipinski definition) is 1. The van der Waals surface area contributed by atoms with Gasteiger partial charge in [0.25, 0.3) is 0 Å². The van der Waals surface area contributed by atoms with Gasteiger partial charge in [-0.15, -0.1) is 0 Å². The summed E-state index contributed by atoms with van der Waals surface area (Å²) < 4.78 is 5.40. The second kappa shape index (κ2) is 7.65. The minimum atomic E-state index is 0.0198. The monoisotopic (exact) mass is 268 g/mol. The maximum Gasteiger partial charge on any atom is 0.246 e. The van der Waals surface area contributed by atoms with Crippen LogP contribution in [0.2, 0.25) is 0 Å². The van der Waals surface area contributed by atoms with Crippen molar-refractivity contribution in [3.63, 3.8) is 0 Å². The Kier molecular flexibility index (Phi) is 6.52. The summed E-state index contributed by atoms with van der Waals surface area (Å²) in [7, 11) is 0. The third-order valence-corrected chi connectivity index (χ3v) is 4.03. The highest BCUT2D eigenvalue weighted by Gasteiger charge is 2.31. The number of ether oxygens (including phenoxy) is 1. The fraction of sp³-hybridized carbons (Fsp3) is 0.800. The molecule has 1 N–H and O–H groups in total. The summed E-state index contributed by atoms with van der Waals surface area (Å²) in [5, 5.41) is 3.07.